The topological polar surface area (TPSA) is 126 Å². The molecule has 1 aromatic heterocycles. The van der Waals surface area contributed by atoms with Crippen molar-refractivity contribution in [1.82, 2.24) is 15.0 Å². The molecule has 0 bridgehead atoms. The molecule has 9 nitrogen and oxygen atoms in total. The highest BCUT2D eigenvalue weighted by Gasteiger charge is 2.17. The van der Waals surface area contributed by atoms with Crippen LogP contribution in [-0.2, 0) is 6.42 Å². The van der Waals surface area contributed by atoms with Crippen LogP contribution >= 0.6 is 0 Å². The van der Waals surface area contributed by atoms with Crippen LogP contribution in [0.5, 0.6) is 0 Å². The zero-order valence-electron chi connectivity index (χ0n) is 20.7. The maximum Gasteiger partial charge on any atom is 0.230 e. The van der Waals surface area contributed by atoms with Crippen molar-refractivity contribution in [1.29, 1.82) is 0 Å². The summed E-state index contributed by atoms with van der Waals surface area (Å²) in [7, 11) is 0. The summed E-state index contributed by atoms with van der Waals surface area (Å²) in [6, 6.07) is 0. The number of nitrogens with zero attached hydrogens (tertiary/aromatic N) is 5. The number of anilines is 2. The van der Waals surface area contributed by atoms with Gasteiger partial charge in [0.2, 0.25) is 11.9 Å². The molecular weight excluding hydrogens is 422 g/mol. The molecule has 1 heterocycles. The minimum absolute atomic E-state index is 0.0774. The van der Waals surface area contributed by atoms with E-state index in [0.29, 0.717) is 43.9 Å². The lowest BCUT2D eigenvalue weighted by atomic mass is 10.1. The van der Waals surface area contributed by atoms with E-state index in [1.807, 2.05) is 0 Å². The highest BCUT2D eigenvalue weighted by Crippen LogP contribution is 2.17. The van der Waals surface area contributed by atoms with E-state index < -0.39 is 0 Å². The molecule has 1 rings (SSSR count). The van der Waals surface area contributed by atoms with E-state index in [1.165, 1.54) is 57.8 Å². The van der Waals surface area contributed by atoms with Gasteiger partial charge >= 0.3 is 0 Å². The van der Waals surface area contributed by atoms with Crippen LogP contribution in [-0.4, -0.2) is 88.0 Å². The van der Waals surface area contributed by atoms with Crippen molar-refractivity contribution in [3.8, 4) is 0 Å². The number of hydrogen-bond acceptors (Lipinski definition) is 9. The zero-order valence-corrected chi connectivity index (χ0v) is 20.7. The van der Waals surface area contributed by atoms with Crippen LogP contribution in [0, 0.1) is 0 Å². The fourth-order valence-electron chi connectivity index (χ4n) is 3.84. The number of aliphatic hydroxyl groups is 4. The first-order valence-corrected chi connectivity index (χ1v) is 12.9. The van der Waals surface area contributed by atoms with Gasteiger partial charge in [-0.3, -0.25) is 0 Å². The Balaban J connectivity index is 2.64. The second-order valence-electron chi connectivity index (χ2n) is 8.51. The van der Waals surface area contributed by atoms with Crippen molar-refractivity contribution >= 4 is 11.9 Å². The van der Waals surface area contributed by atoms with Crippen LogP contribution in [0.15, 0.2) is 0 Å². The molecule has 0 spiro atoms. The van der Waals surface area contributed by atoms with Gasteiger partial charge in [-0.25, -0.2) is 0 Å². The number of unbranched alkanes of at least 4 members (excludes halogenated alkanes) is 10. The van der Waals surface area contributed by atoms with E-state index in [0.717, 1.165) is 19.3 Å². The van der Waals surface area contributed by atoms with E-state index >= 15 is 0 Å². The Morgan fingerprint density at radius 2 is 0.879 bits per heavy atom. The Kier molecular flexibility index (Phi) is 17.8. The van der Waals surface area contributed by atoms with Crippen molar-refractivity contribution in [2.75, 3.05) is 62.4 Å². The number of aliphatic hydroxyl groups excluding tert-OH is 4. The molecule has 0 radical (unpaired) electrons. The summed E-state index contributed by atoms with van der Waals surface area (Å²) < 4.78 is 0. The molecular formula is C24H47N5O4. The Morgan fingerprint density at radius 1 is 0.515 bits per heavy atom. The molecule has 1 aromatic rings. The third kappa shape index (κ3) is 13.1. The van der Waals surface area contributed by atoms with Crippen molar-refractivity contribution in [2.24, 2.45) is 0 Å². The molecule has 0 saturated heterocycles. The molecule has 0 atom stereocenters. The predicted octanol–water partition coefficient (Wildman–Crippen LogP) is 2.31. The van der Waals surface area contributed by atoms with Gasteiger partial charge in [0.15, 0.2) is 0 Å². The largest absolute Gasteiger partial charge is 0.395 e. The summed E-state index contributed by atoms with van der Waals surface area (Å²) in [5, 5.41) is 37.5. The highest BCUT2D eigenvalue weighted by molar-refractivity contribution is 5.39. The van der Waals surface area contributed by atoms with Gasteiger partial charge in [0.25, 0.3) is 0 Å². The lowest BCUT2D eigenvalue weighted by molar-refractivity contribution is 0.279. The summed E-state index contributed by atoms with van der Waals surface area (Å²) in [5.74, 6) is 1.47. The lowest BCUT2D eigenvalue weighted by Gasteiger charge is -2.25. The smallest absolute Gasteiger partial charge is 0.230 e. The third-order valence-electron chi connectivity index (χ3n) is 5.71. The average molecular weight is 470 g/mol. The molecule has 0 fully saturated rings. The Bertz CT molecular complexity index is 548. The Morgan fingerprint density at radius 3 is 1.24 bits per heavy atom. The average Bonchev–Trinajstić information content (AvgIpc) is 2.82. The second kappa shape index (κ2) is 19.9. The van der Waals surface area contributed by atoms with Gasteiger partial charge in [0.1, 0.15) is 5.82 Å². The zero-order chi connectivity index (χ0) is 24.2. The van der Waals surface area contributed by atoms with E-state index in [9.17, 15) is 20.4 Å². The van der Waals surface area contributed by atoms with Crippen molar-refractivity contribution < 1.29 is 20.4 Å². The number of aryl methyl sites for hydroxylation is 1. The fraction of sp³-hybridized carbons (Fsp3) is 0.875. The lowest BCUT2D eigenvalue weighted by Crippen LogP contribution is -2.35. The van der Waals surface area contributed by atoms with Crippen LogP contribution in [0.2, 0.25) is 0 Å². The maximum atomic E-state index is 9.39. The van der Waals surface area contributed by atoms with E-state index in [4.69, 9.17) is 0 Å². The minimum atomic E-state index is -0.0774. The molecule has 0 aromatic carbocycles. The van der Waals surface area contributed by atoms with E-state index in [-0.39, 0.29) is 26.4 Å². The molecule has 0 aliphatic rings. The first-order chi connectivity index (χ1) is 16.2. The molecule has 192 valence electrons. The number of hydrogen-bond donors (Lipinski definition) is 4. The van der Waals surface area contributed by atoms with Gasteiger partial charge < -0.3 is 30.2 Å². The monoisotopic (exact) mass is 469 g/mol. The summed E-state index contributed by atoms with van der Waals surface area (Å²) in [6.45, 7) is 3.17. The van der Waals surface area contributed by atoms with Crippen LogP contribution in [0.1, 0.15) is 83.4 Å². The van der Waals surface area contributed by atoms with Gasteiger partial charge in [0, 0.05) is 32.6 Å². The van der Waals surface area contributed by atoms with Gasteiger partial charge in [-0.1, -0.05) is 71.1 Å². The maximum absolute atomic E-state index is 9.39. The molecule has 0 unspecified atom stereocenters. The van der Waals surface area contributed by atoms with E-state index in [2.05, 4.69) is 21.9 Å². The molecule has 33 heavy (non-hydrogen) atoms. The molecule has 0 amide bonds. The van der Waals surface area contributed by atoms with Crippen LogP contribution in [0.3, 0.4) is 0 Å². The quantitative estimate of drug-likeness (QED) is 0.189. The highest BCUT2D eigenvalue weighted by atomic mass is 16.3. The van der Waals surface area contributed by atoms with Crippen molar-refractivity contribution in [3.05, 3.63) is 5.82 Å². The standard InChI is InChI=1S/C24H47N5O4/c1-2-3-4-5-6-7-8-9-10-11-12-13-22-25-23(28(14-18-30)15-19-31)27-24(26-22)29(16-20-32)17-21-33/h30-33H,2-21H2,1H3. The molecule has 4 N–H and O–H groups in total. The number of rotatable bonds is 22. The van der Waals surface area contributed by atoms with Crippen molar-refractivity contribution in [2.45, 2.75) is 84.0 Å². The molecule has 0 saturated carbocycles. The number of aromatic nitrogens is 3. The van der Waals surface area contributed by atoms with Gasteiger partial charge in [-0.05, 0) is 6.42 Å². The summed E-state index contributed by atoms with van der Waals surface area (Å²) in [4.78, 5) is 17.1. The predicted molar refractivity (Wildman–Crippen MR) is 133 cm³/mol. The SMILES string of the molecule is CCCCCCCCCCCCCc1nc(N(CCO)CCO)nc(N(CCO)CCO)n1. The van der Waals surface area contributed by atoms with Crippen LogP contribution in [0.25, 0.3) is 0 Å². The third-order valence-corrected chi connectivity index (χ3v) is 5.71. The first-order valence-electron chi connectivity index (χ1n) is 12.9. The summed E-state index contributed by atoms with van der Waals surface area (Å²) >= 11 is 0. The molecule has 9 heteroatoms. The van der Waals surface area contributed by atoms with Gasteiger partial charge in [0.05, 0.1) is 26.4 Å². The second-order valence-corrected chi connectivity index (χ2v) is 8.51. The minimum Gasteiger partial charge on any atom is -0.395 e. The van der Waals surface area contributed by atoms with Crippen LogP contribution < -0.4 is 9.80 Å². The summed E-state index contributed by atoms with van der Waals surface area (Å²) in [5.41, 5.74) is 0. The first kappa shape index (κ1) is 29.5. The normalized spacial score (nSPS) is 11.2. The Hall–Kier alpha value is -1.55. The van der Waals surface area contributed by atoms with Crippen LogP contribution in [0.4, 0.5) is 11.9 Å². The fourth-order valence-corrected chi connectivity index (χ4v) is 3.84. The molecule has 0 aliphatic carbocycles. The van der Waals surface area contributed by atoms with Crippen molar-refractivity contribution in [3.63, 3.8) is 0 Å². The van der Waals surface area contributed by atoms with Gasteiger partial charge in [-0.15, -0.1) is 0 Å². The summed E-state index contributed by atoms with van der Waals surface area (Å²) in [6.07, 6.45) is 14.7. The van der Waals surface area contributed by atoms with E-state index in [1.54, 1.807) is 9.80 Å². The molecule has 0 aliphatic heterocycles. The Labute approximate surface area is 199 Å². The van der Waals surface area contributed by atoms with Gasteiger partial charge in [-0.2, -0.15) is 15.0 Å².